The Hall–Kier alpha value is -3.10. The Morgan fingerprint density at radius 3 is 2.73 bits per heavy atom. The molecule has 30 heavy (non-hydrogen) atoms. The Balaban J connectivity index is 1.72. The first-order valence-electron chi connectivity index (χ1n) is 9.82. The number of nitrogens with zero attached hydrogens (tertiary/aromatic N) is 1. The Kier molecular flexibility index (Phi) is 7.26. The van der Waals surface area contributed by atoms with Gasteiger partial charge in [0.1, 0.15) is 6.61 Å². The lowest BCUT2D eigenvalue weighted by atomic mass is 10.1. The van der Waals surface area contributed by atoms with E-state index < -0.39 is 6.10 Å². The molecule has 8 nitrogen and oxygen atoms in total. The van der Waals surface area contributed by atoms with Crippen LogP contribution in [-0.4, -0.2) is 66.4 Å². The summed E-state index contributed by atoms with van der Waals surface area (Å²) in [5.74, 6) is 0.265. The number of piperidine rings is 1. The SMILES string of the molecule is COc1ccc(C(=O)Nc2cccc(C(=O)N3CCCC(O)C3)c2)cc1OCCO. The van der Waals surface area contributed by atoms with E-state index in [1.54, 1.807) is 41.3 Å². The lowest BCUT2D eigenvalue weighted by Gasteiger charge is -2.30. The van der Waals surface area contributed by atoms with E-state index in [0.29, 0.717) is 47.8 Å². The molecule has 2 aromatic rings. The summed E-state index contributed by atoms with van der Waals surface area (Å²) in [6, 6.07) is 11.5. The standard InChI is InChI=1S/C22H26N2O6/c1-29-19-8-7-15(13-20(19)30-11-10-25)21(27)23-17-5-2-4-16(12-17)22(28)24-9-3-6-18(26)14-24/h2,4-5,7-8,12-13,18,25-26H,3,6,9-11,14H2,1H3,(H,23,27). The zero-order valence-corrected chi connectivity index (χ0v) is 16.8. The number of carbonyl (C=O) groups is 2. The first-order valence-corrected chi connectivity index (χ1v) is 9.82. The van der Waals surface area contributed by atoms with Crippen LogP contribution >= 0.6 is 0 Å². The van der Waals surface area contributed by atoms with Gasteiger partial charge in [0.2, 0.25) is 0 Å². The minimum atomic E-state index is -0.497. The summed E-state index contributed by atoms with van der Waals surface area (Å²) in [5.41, 5.74) is 1.28. The molecule has 0 saturated carbocycles. The van der Waals surface area contributed by atoms with Gasteiger partial charge in [-0.2, -0.15) is 0 Å². The van der Waals surface area contributed by atoms with Crippen LogP contribution in [0.15, 0.2) is 42.5 Å². The summed E-state index contributed by atoms with van der Waals surface area (Å²) in [4.78, 5) is 27.0. The molecule has 1 fully saturated rings. The smallest absolute Gasteiger partial charge is 0.255 e. The zero-order valence-electron chi connectivity index (χ0n) is 16.8. The van der Waals surface area contributed by atoms with Gasteiger partial charge in [-0.1, -0.05) is 6.07 Å². The number of carbonyl (C=O) groups excluding carboxylic acids is 2. The highest BCUT2D eigenvalue weighted by molar-refractivity contribution is 6.05. The molecule has 160 valence electrons. The van der Waals surface area contributed by atoms with Gasteiger partial charge < -0.3 is 29.9 Å². The average Bonchev–Trinajstić information content (AvgIpc) is 2.77. The molecular weight excluding hydrogens is 388 g/mol. The van der Waals surface area contributed by atoms with Crippen LogP contribution in [0.5, 0.6) is 11.5 Å². The van der Waals surface area contributed by atoms with Gasteiger partial charge in [0.05, 0.1) is 19.8 Å². The molecule has 1 heterocycles. The van der Waals surface area contributed by atoms with Crippen molar-refractivity contribution in [2.24, 2.45) is 0 Å². The fourth-order valence-corrected chi connectivity index (χ4v) is 3.34. The van der Waals surface area contributed by atoms with Crippen molar-refractivity contribution in [1.82, 2.24) is 4.90 Å². The molecule has 1 saturated heterocycles. The molecule has 0 aromatic heterocycles. The molecule has 1 aliphatic heterocycles. The van der Waals surface area contributed by atoms with Crippen LogP contribution in [0, 0.1) is 0 Å². The van der Waals surface area contributed by atoms with Crippen LogP contribution in [0.25, 0.3) is 0 Å². The summed E-state index contributed by atoms with van der Waals surface area (Å²) in [6.45, 7) is 0.845. The molecule has 1 aliphatic rings. The van der Waals surface area contributed by atoms with Crippen LogP contribution < -0.4 is 14.8 Å². The van der Waals surface area contributed by atoms with Gasteiger partial charge in [-0.3, -0.25) is 9.59 Å². The second-order valence-electron chi connectivity index (χ2n) is 7.02. The molecule has 1 atom stereocenters. The maximum atomic E-state index is 12.7. The Morgan fingerprint density at radius 1 is 1.17 bits per heavy atom. The number of amides is 2. The Labute approximate surface area is 175 Å². The monoisotopic (exact) mass is 414 g/mol. The summed E-state index contributed by atoms with van der Waals surface area (Å²) in [6.07, 6.45) is 0.968. The highest BCUT2D eigenvalue weighted by atomic mass is 16.5. The number of aliphatic hydroxyl groups is 2. The average molecular weight is 414 g/mol. The second kappa shape index (κ2) is 10.1. The lowest BCUT2D eigenvalue weighted by molar-refractivity contribution is 0.0474. The number of methoxy groups -OCH3 is 1. The van der Waals surface area contributed by atoms with Crippen molar-refractivity contribution in [3.63, 3.8) is 0 Å². The molecule has 0 radical (unpaired) electrons. The van der Waals surface area contributed by atoms with Crippen molar-refractivity contribution in [3.05, 3.63) is 53.6 Å². The number of likely N-dealkylation sites (tertiary alicyclic amines) is 1. The summed E-state index contributed by atoms with van der Waals surface area (Å²) in [5, 5.41) is 21.5. The third-order valence-electron chi connectivity index (χ3n) is 4.83. The minimum absolute atomic E-state index is 0.0801. The molecular formula is C22H26N2O6. The molecule has 0 aliphatic carbocycles. The van der Waals surface area contributed by atoms with Crippen LogP contribution in [-0.2, 0) is 0 Å². The number of hydrogen-bond donors (Lipinski definition) is 3. The maximum Gasteiger partial charge on any atom is 0.255 e. The maximum absolute atomic E-state index is 12.7. The Morgan fingerprint density at radius 2 is 2.00 bits per heavy atom. The summed E-state index contributed by atoms with van der Waals surface area (Å²) in [7, 11) is 1.49. The van der Waals surface area contributed by atoms with Crippen molar-refractivity contribution < 1.29 is 29.3 Å². The van der Waals surface area contributed by atoms with E-state index in [-0.39, 0.29) is 25.0 Å². The van der Waals surface area contributed by atoms with Crippen molar-refractivity contribution >= 4 is 17.5 Å². The van der Waals surface area contributed by atoms with Crippen molar-refractivity contribution in [3.8, 4) is 11.5 Å². The topological polar surface area (TPSA) is 108 Å². The van der Waals surface area contributed by atoms with Crippen LogP contribution in [0.2, 0.25) is 0 Å². The first kappa shape index (κ1) is 21.6. The fraction of sp³-hybridized carbons (Fsp3) is 0.364. The normalized spacial score (nSPS) is 16.1. The molecule has 3 rings (SSSR count). The van der Waals surface area contributed by atoms with Gasteiger partial charge >= 0.3 is 0 Å². The van der Waals surface area contributed by atoms with E-state index >= 15 is 0 Å². The summed E-state index contributed by atoms with van der Waals surface area (Å²) >= 11 is 0. The number of aliphatic hydroxyl groups excluding tert-OH is 2. The van der Waals surface area contributed by atoms with Crippen molar-refractivity contribution in [1.29, 1.82) is 0 Å². The molecule has 2 aromatic carbocycles. The number of rotatable bonds is 7. The third kappa shape index (κ3) is 5.28. The van der Waals surface area contributed by atoms with Crippen molar-refractivity contribution in [2.45, 2.75) is 18.9 Å². The lowest BCUT2D eigenvalue weighted by Crippen LogP contribution is -2.42. The number of nitrogens with one attached hydrogen (secondary N) is 1. The van der Waals surface area contributed by atoms with Gasteiger partial charge in [-0.25, -0.2) is 0 Å². The van der Waals surface area contributed by atoms with Gasteiger partial charge in [-0.15, -0.1) is 0 Å². The van der Waals surface area contributed by atoms with E-state index in [9.17, 15) is 14.7 Å². The number of ether oxygens (including phenoxy) is 2. The van der Waals surface area contributed by atoms with E-state index in [1.165, 1.54) is 13.2 Å². The quantitative estimate of drug-likeness (QED) is 0.639. The number of β-amino-alcohol motifs (C(OH)–C–C–N with tert-alkyl or cyclic N) is 1. The second-order valence-corrected chi connectivity index (χ2v) is 7.02. The molecule has 1 unspecified atom stereocenters. The fourth-order valence-electron chi connectivity index (χ4n) is 3.34. The molecule has 3 N–H and O–H groups in total. The highest BCUT2D eigenvalue weighted by Gasteiger charge is 2.23. The van der Waals surface area contributed by atoms with E-state index in [1.807, 2.05) is 0 Å². The van der Waals surface area contributed by atoms with Crippen LogP contribution in [0.4, 0.5) is 5.69 Å². The van der Waals surface area contributed by atoms with Gasteiger partial charge in [0.15, 0.2) is 11.5 Å². The van der Waals surface area contributed by atoms with Crippen molar-refractivity contribution in [2.75, 3.05) is 38.7 Å². The molecule has 0 bridgehead atoms. The predicted octanol–water partition coefficient (Wildman–Crippen LogP) is 1.92. The van der Waals surface area contributed by atoms with E-state index in [0.717, 1.165) is 6.42 Å². The highest BCUT2D eigenvalue weighted by Crippen LogP contribution is 2.28. The van der Waals surface area contributed by atoms with E-state index in [2.05, 4.69) is 5.32 Å². The zero-order chi connectivity index (χ0) is 21.5. The number of anilines is 1. The largest absolute Gasteiger partial charge is 0.493 e. The van der Waals surface area contributed by atoms with Gasteiger partial charge in [0, 0.05) is 29.9 Å². The molecule has 2 amide bonds. The number of hydrogen-bond acceptors (Lipinski definition) is 6. The molecule has 0 spiro atoms. The summed E-state index contributed by atoms with van der Waals surface area (Å²) < 4.78 is 10.6. The molecule has 8 heteroatoms. The van der Waals surface area contributed by atoms with Crippen LogP contribution in [0.1, 0.15) is 33.6 Å². The van der Waals surface area contributed by atoms with Crippen LogP contribution in [0.3, 0.4) is 0 Å². The van der Waals surface area contributed by atoms with E-state index in [4.69, 9.17) is 14.6 Å². The first-order chi connectivity index (χ1) is 14.5. The third-order valence-corrected chi connectivity index (χ3v) is 4.83. The van der Waals surface area contributed by atoms with Gasteiger partial charge in [-0.05, 0) is 49.2 Å². The number of benzene rings is 2. The Bertz CT molecular complexity index is 901. The minimum Gasteiger partial charge on any atom is -0.493 e. The predicted molar refractivity (Wildman–Crippen MR) is 111 cm³/mol. The van der Waals surface area contributed by atoms with Gasteiger partial charge in [0.25, 0.3) is 11.8 Å².